The Morgan fingerprint density at radius 3 is 2.40 bits per heavy atom. The molecule has 0 aromatic heterocycles. The summed E-state index contributed by atoms with van der Waals surface area (Å²) in [6.45, 7) is 9.15. The molecule has 0 heterocycles. The van der Waals surface area contributed by atoms with E-state index in [-0.39, 0.29) is 12.1 Å². The molecule has 0 saturated heterocycles. The van der Waals surface area contributed by atoms with Gasteiger partial charge in [-0.05, 0) is 33.1 Å². The first-order chi connectivity index (χ1) is 7.08. The molecule has 0 radical (unpaired) electrons. The van der Waals surface area contributed by atoms with E-state index >= 15 is 0 Å². The molecule has 0 aliphatic heterocycles. The van der Waals surface area contributed by atoms with E-state index in [9.17, 15) is 0 Å². The fourth-order valence-corrected chi connectivity index (χ4v) is 1.97. The summed E-state index contributed by atoms with van der Waals surface area (Å²) in [5.41, 5.74) is 0.111. The molecule has 15 heavy (non-hydrogen) atoms. The van der Waals surface area contributed by atoms with Gasteiger partial charge in [-0.1, -0.05) is 33.1 Å². The normalized spacial score (nSPS) is 17.4. The number of aliphatic hydroxyl groups is 1. The number of aliphatic hydroxyl groups excluding tert-OH is 1. The molecule has 0 aliphatic carbocycles. The van der Waals surface area contributed by atoms with Crippen molar-refractivity contribution in [1.82, 2.24) is 5.32 Å². The minimum atomic E-state index is 0.111. The average molecular weight is 215 g/mol. The van der Waals surface area contributed by atoms with E-state index < -0.39 is 0 Å². The fourth-order valence-electron chi connectivity index (χ4n) is 1.97. The number of hydrogen-bond donors (Lipinski definition) is 2. The van der Waals surface area contributed by atoms with Crippen LogP contribution in [0.2, 0.25) is 0 Å². The lowest BCUT2D eigenvalue weighted by Crippen LogP contribution is -2.47. The maximum absolute atomic E-state index is 9.02. The van der Waals surface area contributed by atoms with E-state index in [1.165, 1.54) is 25.7 Å². The molecule has 0 aromatic rings. The van der Waals surface area contributed by atoms with Crippen LogP contribution in [0, 0.1) is 0 Å². The summed E-state index contributed by atoms with van der Waals surface area (Å²) in [5, 5.41) is 12.7. The van der Waals surface area contributed by atoms with Crippen LogP contribution in [-0.4, -0.2) is 23.3 Å². The van der Waals surface area contributed by atoms with E-state index in [1.54, 1.807) is 0 Å². The third kappa shape index (κ3) is 6.91. The van der Waals surface area contributed by atoms with Gasteiger partial charge in [0.25, 0.3) is 0 Å². The van der Waals surface area contributed by atoms with Crippen molar-refractivity contribution in [3.8, 4) is 0 Å². The summed E-state index contributed by atoms with van der Waals surface area (Å²) in [5.74, 6) is 0. The average Bonchev–Trinajstić information content (AvgIpc) is 2.18. The van der Waals surface area contributed by atoms with Gasteiger partial charge in [-0.15, -0.1) is 0 Å². The Kier molecular flexibility index (Phi) is 8.07. The van der Waals surface area contributed by atoms with Crippen LogP contribution in [0.25, 0.3) is 0 Å². The zero-order valence-corrected chi connectivity index (χ0v) is 11.0. The number of hydrogen-bond acceptors (Lipinski definition) is 2. The summed E-state index contributed by atoms with van der Waals surface area (Å²) >= 11 is 0. The molecule has 2 atom stereocenters. The molecular formula is C13H29NO. The van der Waals surface area contributed by atoms with Gasteiger partial charge < -0.3 is 10.4 Å². The lowest BCUT2D eigenvalue weighted by molar-refractivity contribution is 0.201. The van der Waals surface area contributed by atoms with E-state index in [0.717, 1.165) is 12.8 Å². The Bertz CT molecular complexity index is 149. The van der Waals surface area contributed by atoms with Crippen LogP contribution in [0.1, 0.15) is 66.2 Å². The summed E-state index contributed by atoms with van der Waals surface area (Å²) in [6.07, 6.45) is 7.09. The Labute approximate surface area is 95.5 Å². The smallest absolute Gasteiger partial charge is 0.0448 e. The monoisotopic (exact) mass is 215 g/mol. The van der Waals surface area contributed by atoms with Crippen LogP contribution in [0.4, 0.5) is 0 Å². The van der Waals surface area contributed by atoms with Crippen LogP contribution in [0.3, 0.4) is 0 Å². The SMILES string of the molecule is CCCCCC(C)NC(C)(CC)CCO. The van der Waals surface area contributed by atoms with Crippen LogP contribution in [-0.2, 0) is 0 Å². The van der Waals surface area contributed by atoms with Crippen molar-refractivity contribution in [2.24, 2.45) is 0 Å². The molecule has 0 aromatic carbocycles. The molecule has 0 bridgehead atoms. The third-order valence-electron chi connectivity index (χ3n) is 3.28. The minimum absolute atomic E-state index is 0.111. The lowest BCUT2D eigenvalue weighted by Gasteiger charge is -2.32. The van der Waals surface area contributed by atoms with Crippen molar-refractivity contribution in [1.29, 1.82) is 0 Å². The Morgan fingerprint density at radius 2 is 1.93 bits per heavy atom. The lowest BCUT2D eigenvalue weighted by atomic mass is 9.93. The molecule has 0 spiro atoms. The first-order valence-corrected chi connectivity index (χ1v) is 6.46. The van der Waals surface area contributed by atoms with Crippen LogP contribution in [0.5, 0.6) is 0 Å². The highest BCUT2D eigenvalue weighted by atomic mass is 16.3. The van der Waals surface area contributed by atoms with Crippen molar-refractivity contribution >= 4 is 0 Å². The minimum Gasteiger partial charge on any atom is -0.396 e. The fraction of sp³-hybridized carbons (Fsp3) is 1.00. The highest BCUT2D eigenvalue weighted by molar-refractivity contribution is 4.83. The quantitative estimate of drug-likeness (QED) is 0.579. The van der Waals surface area contributed by atoms with Gasteiger partial charge in [0.05, 0.1) is 0 Å². The zero-order valence-electron chi connectivity index (χ0n) is 11.0. The van der Waals surface area contributed by atoms with Gasteiger partial charge in [0.15, 0.2) is 0 Å². The predicted molar refractivity (Wildman–Crippen MR) is 67.1 cm³/mol. The third-order valence-corrected chi connectivity index (χ3v) is 3.28. The standard InChI is InChI=1S/C13H29NO/c1-5-7-8-9-12(3)14-13(4,6-2)10-11-15/h12,14-15H,5-11H2,1-4H3. The number of unbranched alkanes of at least 4 members (excludes halogenated alkanes) is 2. The molecule has 0 fully saturated rings. The molecule has 2 nitrogen and oxygen atoms in total. The van der Waals surface area contributed by atoms with Gasteiger partial charge in [-0.2, -0.15) is 0 Å². The van der Waals surface area contributed by atoms with Crippen molar-refractivity contribution < 1.29 is 5.11 Å². The molecule has 2 heteroatoms. The highest BCUT2D eigenvalue weighted by Crippen LogP contribution is 2.16. The van der Waals surface area contributed by atoms with Crippen molar-refractivity contribution in [3.63, 3.8) is 0 Å². The van der Waals surface area contributed by atoms with Crippen molar-refractivity contribution in [3.05, 3.63) is 0 Å². The van der Waals surface area contributed by atoms with Gasteiger partial charge in [0.2, 0.25) is 0 Å². The van der Waals surface area contributed by atoms with Crippen LogP contribution < -0.4 is 5.32 Å². The number of rotatable bonds is 9. The molecule has 2 unspecified atom stereocenters. The second-order valence-electron chi connectivity index (χ2n) is 4.93. The predicted octanol–water partition coefficient (Wildman–Crippen LogP) is 3.10. The molecule has 0 aliphatic rings. The van der Waals surface area contributed by atoms with Crippen molar-refractivity contribution in [2.75, 3.05) is 6.61 Å². The maximum Gasteiger partial charge on any atom is 0.0448 e. The summed E-state index contributed by atoms with van der Waals surface area (Å²) in [4.78, 5) is 0. The van der Waals surface area contributed by atoms with Gasteiger partial charge in [-0.3, -0.25) is 0 Å². The maximum atomic E-state index is 9.02. The van der Waals surface area contributed by atoms with Gasteiger partial charge >= 0.3 is 0 Å². The topological polar surface area (TPSA) is 32.3 Å². The molecule has 0 saturated carbocycles. The van der Waals surface area contributed by atoms with E-state index in [0.29, 0.717) is 6.04 Å². The van der Waals surface area contributed by atoms with Crippen LogP contribution >= 0.6 is 0 Å². The van der Waals surface area contributed by atoms with Gasteiger partial charge in [-0.25, -0.2) is 0 Å². The molecule has 0 amide bonds. The summed E-state index contributed by atoms with van der Waals surface area (Å²) in [7, 11) is 0. The summed E-state index contributed by atoms with van der Waals surface area (Å²) < 4.78 is 0. The second kappa shape index (κ2) is 8.12. The molecule has 92 valence electrons. The first kappa shape index (κ1) is 14.9. The summed E-state index contributed by atoms with van der Waals surface area (Å²) in [6, 6.07) is 0.563. The Balaban J connectivity index is 3.84. The largest absolute Gasteiger partial charge is 0.396 e. The zero-order chi connectivity index (χ0) is 11.7. The van der Waals surface area contributed by atoms with Gasteiger partial charge in [0.1, 0.15) is 0 Å². The second-order valence-corrected chi connectivity index (χ2v) is 4.93. The van der Waals surface area contributed by atoms with Crippen molar-refractivity contribution in [2.45, 2.75) is 77.8 Å². The molecule has 2 N–H and O–H groups in total. The van der Waals surface area contributed by atoms with Gasteiger partial charge in [0, 0.05) is 18.2 Å². The molecule has 0 rings (SSSR count). The Hall–Kier alpha value is -0.0800. The van der Waals surface area contributed by atoms with Crippen LogP contribution in [0.15, 0.2) is 0 Å². The first-order valence-electron chi connectivity index (χ1n) is 6.46. The molecular weight excluding hydrogens is 186 g/mol. The number of nitrogens with one attached hydrogen (secondary N) is 1. The Morgan fingerprint density at radius 1 is 1.27 bits per heavy atom. The highest BCUT2D eigenvalue weighted by Gasteiger charge is 2.22. The van der Waals surface area contributed by atoms with E-state index in [2.05, 4.69) is 33.0 Å². The van der Waals surface area contributed by atoms with E-state index in [1.807, 2.05) is 0 Å². The van der Waals surface area contributed by atoms with E-state index in [4.69, 9.17) is 5.11 Å².